The molecule has 0 fully saturated rings. The van der Waals surface area contributed by atoms with E-state index in [9.17, 15) is 24.9 Å². The molecule has 0 bridgehead atoms. The molecule has 0 aliphatic carbocycles. The summed E-state index contributed by atoms with van der Waals surface area (Å²) < 4.78 is 4.75. The van der Waals surface area contributed by atoms with Gasteiger partial charge in [0.15, 0.2) is 23.9 Å². The second-order valence-electron chi connectivity index (χ2n) is 4.73. The van der Waals surface area contributed by atoms with Gasteiger partial charge in [0.25, 0.3) is 5.91 Å². The molecule has 0 heterocycles. The smallest absolute Gasteiger partial charge is 0.338 e. The standard InChI is InChI=1S/C15H10Cl3NO6/c16-7-3-9(18)10(4-8(7)17)19-13(22)5-25-15(24)6-1-11(20)14(23)12(21)2-6/h1-4,20-21,23H,5H2,(H,19,22). The number of ether oxygens (including phenoxy) is 1. The second-order valence-corrected chi connectivity index (χ2v) is 5.96. The lowest BCUT2D eigenvalue weighted by molar-refractivity contribution is -0.119. The van der Waals surface area contributed by atoms with Gasteiger partial charge < -0.3 is 25.4 Å². The predicted molar refractivity (Wildman–Crippen MR) is 91.8 cm³/mol. The molecule has 2 aromatic carbocycles. The maximum Gasteiger partial charge on any atom is 0.338 e. The number of rotatable bonds is 4. The molecule has 0 saturated carbocycles. The quantitative estimate of drug-likeness (QED) is 0.350. The van der Waals surface area contributed by atoms with Crippen molar-refractivity contribution in [3.63, 3.8) is 0 Å². The molecule has 0 atom stereocenters. The fourth-order valence-corrected chi connectivity index (χ4v) is 2.34. The van der Waals surface area contributed by atoms with Crippen LogP contribution in [0.4, 0.5) is 5.69 Å². The van der Waals surface area contributed by atoms with Crippen LogP contribution in [0.5, 0.6) is 17.2 Å². The van der Waals surface area contributed by atoms with Crippen LogP contribution in [0, 0.1) is 0 Å². The Kier molecular flexibility index (Phi) is 5.84. The summed E-state index contributed by atoms with van der Waals surface area (Å²) in [6.07, 6.45) is 0. The van der Waals surface area contributed by atoms with Gasteiger partial charge in [-0.2, -0.15) is 0 Å². The van der Waals surface area contributed by atoms with Crippen LogP contribution >= 0.6 is 34.8 Å². The molecule has 132 valence electrons. The van der Waals surface area contributed by atoms with Crippen molar-refractivity contribution in [2.45, 2.75) is 0 Å². The van der Waals surface area contributed by atoms with Gasteiger partial charge >= 0.3 is 5.97 Å². The minimum atomic E-state index is -0.999. The van der Waals surface area contributed by atoms with E-state index in [-0.39, 0.29) is 26.3 Å². The molecule has 0 spiro atoms. The zero-order chi connectivity index (χ0) is 18.7. The minimum Gasteiger partial charge on any atom is -0.504 e. The molecule has 0 aliphatic heterocycles. The number of carbonyl (C=O) groups is 2. The molecule has 0 saturated heterocycles. The van der Waals surface area contributed by atoms with E-state index in [2.05, 4.69) is 5.32 Å². The van der Waals surface area contributed by atoms with Crippen LogP contribution in [0.15, 0.2) is 24.3 Å². The fourth-order valence-electron chi connectivity index (χ4n) is 1.74. The maximum atomic E-state index is 11.8. The van der Waals surface area contributed by atoms with Crippen LogP contribution in [0.3, 0.4) is 0 Å². The number of halogens is 3. The molecular weight excluding hydrogens is 397 g/mol. The molecule has 0 aromatic heterocycles. The highest BCUT2D eigenvalue weighted by Crippen LogP contribution is 2.35. The van der Waals surface area contributed by atoms with Crippen molar-refractivity contribution >= 4 is 52.4 Å². The number of anilines is 1. The molecule has 0 radical (unpaired) electrons. The summed E-state index contributed by atoms with van der Waals surface area (Å²) in [5.74, 6) is -3.90. The number of hydrogen-bond acceptors (Lipinski definition) is 6. The summed E-state index contributed by atoms with van der Waals surface area (Å²) in [7, 11) is 0. The highest BCUT2D eigenvalue weighted by Gasteiger charge is 2.16. The summed E-state index contributed by atoms with van der Waals surface area (Å²) in [5, 5.41) is 30.8. The number of phenols is 3. The van der Waals surface area contributed by atoms with Crippen molar-refractivity contribution in [3.05, 3.63) is 44.9 Å². The van der Waals surface area contributed by atoms with Gasteiger partial charge in [0.2, 0.25) is 0 Å². The zero-order valence-electron chi connectivity index (χ0n) is 12.2. The zero-order valence-corrected chi connectivity index (χ0v) is 14.5. The lowest BCUT2D eigenvalue weighted by Gasteiger charge is -2.10. The van der Waals surface area contributed by atoms with Gasteiger partial charge in [0, 0.05) is 0 Å². The van der Waals surface area contributed by atoms with Gasteiger partial charge in [0.05, 0.1) is 26.3 Å². The number of phenolic OH excluding ortho intramolecular Hbond substituents is 3. The summed E-state index contributed by atoms with van der Waals surface area (Å²) >= 11 is 17.5. The third-order valence-corrected chi connectivity index (χ3v) is 3.96. The molecule has 4 N–H and O–H groups in total. The Labute approximate surface area is 156 Å². The van der Waals surface area contributed by atoms with E-state index in [1.165, 1.54) is 12.1 Å². The van der Waals surface area contributed by atoms with Crippen LogP contribution in [-0.4, -0.2) is 33.8 Å². The summed E-state index contributed by atoms with van der Waals surface area (Å²) in [4.78, 5) is 23.6. The number of hydrogen-bond donors (Lipinski definition) is 4. The average Bonchev–Trinajstić information content (AvgIpc) is 2.54. The topological polar surface area (TPSA) is 116 Å². The van der Waals surface area contributed by atoms with Gasteiger partial charge in [-0.15, -0.1) is 0 Å². The van der Waals surface area contributed by atoms with Crippen molar-refractivity contribution in [1.82, 2.24) is 0 Å². The number of amides is 1. The fraction of sp³-hybridized carbons (Fsp3) is 0.0667. The van der Waals surface area contributed by atoms with Gasteiger partial charge in [-0.25, -0.2) is 4.79 Å². The van der Waals surface area contributed by atoms with Gasteiger partial charge in [-0.3, -0.25) is 4.79 Å². The summed E-state index contributed by atoms with van der Waals surface area (Å²) in [6.45, 7) is -0.669. The van der Waals surface area contributed by atoms with E-state index < -0.39 is 35.7 Å². The lowest BCUT2D eigenvalue weighted by Crippen LogP contribution is -2.21. The molecule has 0 unspecified atom stereocenters. The lowest BCUT2D eigenvalue weighted by atomic mass is 10.2. The number of benzene rings is 2. The Bertz CT molecular complexity index is 832. The maximum absolute atomic E-state index is 11.8. The minimum absolute atomic E-state index is 0.141. The first-order valence-electron chi connectivity index (χ1n) is 6.55. The monoisotopic (exact) mass is 405 g/mol. The highest BCUT2D eigenvalue weighted by atomic mass is 35.5. The van der Waals surface area contributed by atoms with Gasteiger partial charge in [-0.1, -0.05) is 34.8 Å². The van der Waals surface area contributed by atoms with Crippen molar-refractivity contribution in [1.29, 1.82) is 0 Å². The molecule has 0 aliphatic rings. The van der Waals surface area contributed by atoms with Gasteiger partial charge in [0.1, 0.15) is 0 Å². The van der Waals surface area contributed by atoms with Crippen molar-refractivity contribution in [2.75, 3.05) is 11.9 Å². The Hall–Kier alpha value is -2.35. The van der Waals surface area contributed by atoms with E-state index >= 15 is 0 Å². The number of carbonyl (C=O) groups excluding carboxylic acids is 2. The first-order chi connectivity index (χ1) is 11.7. The Morgan fingerprint density at radius 2 is 1.48 bits per heavy atom. The third-order valence-electron chi connectivity index (χ3n) is 2.92. The van der Waals surface area contributed by atoms with Crippen LogP contribution in [0.1, 0.15) is 10.4 Å². The average molecular weight is 407 g/mol. The third kappa shape index (κ3) is 4.60. The predicted octanol–water partition coefficient (Wildman–Crippen LogP) is 3.56. The Morgan fingerprint density at radius 1 is 0.920 bits per heavy atom. The largest absolute Gasteiger partial charge is 0.504 e. The number of nitrogens with one attached hydrogen (secondary N) is 1. The van der Waals surface area contributed by atoms with E-state index in [4.69, 9.17) is 39.5 Å². The second kappa shape index (κ2) is 7.69. The normalized spacial score (nSPS) is 10.4. The molecule has 2 aromatic rings. The molecule has 2 rings (SSSR count). The van der Waals surface area contributed by atoms with Crippen molar-refractivity contribution in [2.24, 2.45) is 0 Å². The summed E-state index contributed by atoms with van der Waals surface area (Å²) in [6, 6.07) is 4.44. The Balaban J connectivity index is 2.00. The highest BCUT2D eigenvalue weighted by molar-refractivity contribution is 6.44. The van der Waals surface area contributed by atoms with Gasteiger partial charge in [-0.05, 0) is 24.3 Å². The summed E-state index contributed by atoms with van der Waals surface area (Å²) in [5.41, 5.74) is -0.0785. The van der Waals surface area contributed by atoms with E-state index in [0.717, 1.165) is 12.1 Å². The first kappa shape index (κ1) is 19.0. The van der Waals surface area contributed by atoms with Crippen LogP contribution < -0.4 is 5.32 Å². The van der Waals surface area contributed by atoms with E-state index in [0.29, 0.717) is 0 Å². The van der Waals surface area contributed by atoms with Crippen LogP contribution in [0.25, 0.3) is 0 Å². The van der Waals surface area contributed by atoms with E-state index in [1.807, 2.05) is 0 Å². The molecule has 1 amide bonds. The molecule has 7 nitrogen and oxygen atoms in total. The number of aromatic hydroxyl groups is 3. The van der Waals surface area contributed by atoms with E-state index in [1.54, 1.807) is 0 Å². The first-order valence-corrected chi connectivity index (χ1v) is 7.69. The molecule has 25 heavy (non-hydrogen) atoms. The van der Waals surface area contributed by atoms with Crippen molar-refractivity contribution < 1.29 is 29.6 Å². The Morgan fingerprint density at radius 3 is 2.08 bits per heavy atom. The van der Waals surface area contributed by atoms with Crippen LogP contribution in [-0.2, 0) is 9.53 Å². The molecule has 10 heteroatoms. The molecular formula is C15H10Cl3NO6. The SMILES string of the molecule is O=C(COC(=O)c1cc(O)c(O)c(O)c1)Nc1cc(Cl)c(Cl)cc1Cl. The van der Waals surface area contributed by atoms with Crippen LogP contribution in [0.2, 0.25) is 15.1 Å². The number of esters is 1. The van der Waals surface area contributed by atoms with Crippen molar-refractivity contribution in [3.8, 4) is 17.2 Å².